The molecule has 128 valence electrons. The van der Waals surface area contributed by atoms with Crippen molar-refractivity contribution in [2.24, 2.45) is 5.92 Å². The minimum absolute atomic E-state index is 0.191. The Labute approximate surface area is 143 Å². The second kappa shape index (κ2) is 8.18. The van der Waals surface area contributed by atoms with Crippen LogP contribution in [-0.2, 0) is 11.3 Å². The van der Waals surface area contributed by atoms with Crippen molar-refractivity contribution in [2.45, 2.75) is 19.1 Å². The van der Waals surface area contributed by atoms with Crippen molar-refractivity contribution in [1.82, 2.24) is 5.32 Å². The van der Waals surface area contributed by atoms with Gasteiger partial charge in [0.15, 0.2) is 0 Å². The van der Waals surface area contributed by atoms with Gasteiger partial charge in [-0.15, -0.1) is 0 Å². The van der Waals surface area contributed by atoms with Crippen LogP contribution in [0.3, 0.4) is 0 Å². The molecular formula is C20H25NO3. The molecular weight excluding hydrogens is 302 g/mol. The topological polar surface area (TPSA) is 39.7 Å². The maximum absolute atomic E-state index is 5.95. The number of hydrogen-bond donors (Lipinski definition) is 1. The molecule has 1 N–H and O–H groups in total. The fraction of sp³-hybridized carbons (Fsp3) is 0.400. The summed E-state index contributed by atoms with van der Waals surface area (Å²) >= 11 is 0. The molecule has 0 amide bonds. The lowest BCUT2D eigenvalue weighted by Gasteiger charge is -2.20. The zero-order valence-electron chi connectivity index (χ0n) is 14.3. The highest BCUT2D eigenvalue weighted by molar-refractivity contribution is 5.40. The largest absolute Gasteiger partial charge is 0.497 e. The Balaban J connectivity index is 1.58. The summed E-state index contributed by atoms with van der Waals surface area (Å²) in [6, 6.07) is 16.4. The lowest BCUT2D eigenvalue weighted by atomic mass is 9.95. The van der Waals surface area contributed by atoms with Crippen LogP contribution in [0.15, 0.2) is 48.5 Å². The number of nitrogens with one attached hydrogen (secondary N) is 1. The number of rotatable bonds is 7. The smallest absolute Gasteiger partial charge is 0.127 e. The van der Waals surface area contributed by atoms with Gasteiger partial charge < -0.3 is 19.5 Å². The first kappa shape index (κ1) is 16.8. The van der Waals surface area contributed by atoms with Crippen molar-refractivity contribution in [3.05, 3.63) is 59.7 Å². The summed E-state index contributed by atoms with van der Waals surface area (Å²) in [4.78, 5) is 0. The van der Waals surface area contributed by atoms with Gasteiger partial charge in [-0.2, -0.15) is 0 Å². The average Bonchev–Trinajstić information content (AvgIpc) is 3.11. The molecule has 1 heterocycles. The Morgan fingerprint density at radius 1 is 1.08 bits per heavy atom. The number of hydrogen-bond acceptors (Lipinski definition) is 4. The van der Waals surface area contributed by atoms with Gasteiger partial charge in [0.1, 0.15) is 11.5 Å². The Morgan fingerprint density at radius 2 is 1.92 bits per heavy atom. The molecule has 0 aliphatic carbocycles. The fourth-order valence-corrected chi connectivity index (χ4v) is 3.24. The molecule has 4 nitrogen and oxygen atoms in total. The molecule has 1 aliphatic rings. The Morgan fingerprint density at radius 3 is 2.67 bits per heavy atom. The van der Waals surface area contributed by atoms with Crippen LogP contribution >= 0.6 is 0 Å². The summed E-state index contributed by atoms with van der Waals surface area (Å²) in [6.45, 7) is 2.53. The van der Waals surface area contributed by atoms with Gasteiger partial charge >= 0.3 is 0 Å². The minimum atomic E-state index is 0.191. The summed E-state index contributed by atoms with van der Waals surface area (Å²) in [5.41, 5.74) is 2.40. The molecule has 4 heteroatoms. The van der Waals surface area contributed by atoms with E-state index in [9.17, 15) is 0 Å². The van der Waals surface area contributed by atoms with E-state index in [4.69, 9.17) is 14.2 Å². The second-order valence-electron chi connectivity index (χ2n) is 6.06. The van der Waals surface area contributed by atoms with Crippen molar-refractivity contribution in [1.29, 1.82) is 0 Å². The van der Waals surface area contributed by atoms with Gasteiger partial charge in [-0.1, -0.05) is 36.4 Å². The molecule has 0 radical (unpaired) electrons. The first-order valence-electron chi connectivity index (χ1n) is 8.40. The van der Waals surface area contributed by atoms with E-state index in [1.54, 1.807) is 14.2 Å². The second-order valence-corrected chi connectivity index (χ2v) is 6.06. The van der Waals surface area contributed by atoms with Crippen molar-refractivity contribution in [3.8, 4) is 11.5 Å². The predicted octanol–water partition coefficient (Wildman–Crippen LogP) is 3.57. The molecule has 0 unspecified atom stereocenters. The van der Waals surface area contributed by atoms with Gasteiger partial charge in [0.05, 0.1) is 20.3 Å². The Hall–Kier alpha value is -2.04. The van der Waals surface area contributed by atoms with Crippen LogP contribution in [0.25, 0.3) is 0 Å². The van der Waals surface area contributed by atoms with Crippen LogP contribution in [0, 0.1) is 5.92 Å². The van der Waals surface area contributed by atoms with E-state index in [0.29, 0.717) is 5.92 Å². The van der Waals surface area contributed by atoms with Crippen LogP contribution < -0.4 is 14.8 Å². The first-order valence-corrected chi connectivity index (χ1v) is 8.40. The van der Waals surface area contributed by atoms with Crippen molar-refractivity contribution < 1.29 is 14.2 Å². The van der Waals surface area contributed by atoms with E-state index in [1.807, 2.05) is 24.3 Å². The first-order chi connectivity index (χ1) is 11.8. The van der Waals surface area contributed by atoms with Crippen molar-refractivity contribution in [2.75, 3.05) is 27.4 Å². The van der Waals surface area contributed by atoms with Crippen LogP contribution in [0.5, 0.6) is 11.5 Å². The zero-order valence-corrected chi connectivity index (χ0v) is 14.3. The minimum Gasteiger partial charge on any atom is -0.497 e. The van der Waals surface area contributed by atoms with E-state index in [2.05, 4.69) is 29.6 Å². The number of methoxy groups -OCH3 is 2. The molecule has 0 saturated carbocycles. The summed E-state index contributed by atoms with van der Waals surface area (Å²) in [5, 5.41) is 3.55. The predicted molar refractivity (Wildman–Crippen MR) is 94.5 cm³/mol. The summed E-state index contributed by atoms with van der Waals surface area (Å²) < 4.78 is 16.6. The normalized spacial score (nSPS) is 20.1. The zero-order chi connectivity index (χ0) is 16.8. The van der Waals surface area contributed by atoms with Gasteiger partial charge in [-0.3, -0.25) is 0 Å². The quantitative estimate of drug-likeness (QED) is 0.844. The van der Waals surface area contributed by atoms with Gasteiger partial charge in [0.25, 0.3) is 0 Å². The van der Waals surface area contributed by atoms with Crippen LogP contribution in [0.1, 0.15) is 23.7 Å². The highest BCUT2D eigenvalue weighted by Gasteiger charge is 2.29. The van der Waals surface area contributed by atoms with Crippen molar-refractivity contribution in [3.63, 3.8) is 0 Å². The maximum Gasteiger partial charge on any atom is 0.127 e. The van der Waals surface area contributed by atoms with Crippen LogP contribution in [0.4, 0.5) is 0 Å². The molecule has 1 fully saturated rings. The Bertz CT molecular complexity index is 645. The molecule has 0 aromatic heterocycles. The third-order valence-corrected chi connectivity index (χ3v) is 4.56. The molecule has 2 atom stereocenters. The van der Waals surface area contributed by atoms with E-state index in [0.717, 1.165) is 43.2 Å². The van der Waals surface area contributed by atoms with E-state index < -0.39 is 0 Å². The van der Waals surface area contributed by atoms with Gasteiger partial charge in [-0.05, 0) is 18.1 Å². The molecule has 1 saturated heterocycles. The number of benzene rings is 2. The average molecular weight is 327 g/mol. The van der Waals surface area contributed by atoms with Gasteiger partial charge in [0, 0.05) is 37.2 Å². The molecule has 24 heavy (non-hydrogen) atoms. The van der Waals surface area contributed by atoms with Crippen LogP contribution in [-0.4, -0.2) is 27.4 Å². The number of ether oxygens (including phenoxy) is 3. The SMILES string of the molecule is COc1ccc(CNC[C@H]2CCO[C@@H]2c2ccccc2)c(OC)c1. The lowest BCUT2D eigenvalue weighted by molar-refractivity contribution is 0.0904. The molecule has 0 bridgehead atoms. The van der Waals surface area contributed by atoms with E-state index in [-0.39, 0.29) is 6.10 Å². The Kier molecular flexibility index (Phi) is 5.72. The van der Waals surface area contributed by atoms with Gasteiger partial charge in [-0.25, -0.2) is 0 Å². The van der Waals surface area contributed by atoms with E-state index >= 15 is 0 Å². The third kappa shape index (κ3) is 3.89. The highest BCUT2D eigenvalue weighted by Crippen LogP contribution is 2.34. The van der Waals surface area contributed by atoms with Crippen LogP contribution in [0.2, 0.25) is 0 Å². The molecule has 3 rings (SSSR count). The molecule has 2 aromatic carbocycles. The standard InChI is InChI=1S/C20H25NO3/c1-22-18-9-8-16(19(12-18)23-2)13-21-14-17-10-11-24-20(17)15-6-4-3-5-7-15/h3-9,12,17,20-21H,10-11,13-14H2,1-2H3/t17-,20-/m1/s1. The monoisotopic (exact) mass is 327 g/mol. The third-order valence-electron chi connectivity index (χ3n) is 4.56. The molecule has 0 spiro atoms. The fourth-order valence-electron chi connectivity index (χ4n) is 3.24. The summed E-state index contributed by atoms with van der Waals surface area (Å²) in [6.07, 6.45) is 1.28. The molecule has 1 aliphatic heterocycles. The van der Waals surface area contributed by atoms with Crippen molar-refractivity contribution >= 4 is 0 Å². The van der Waals surface area contributed by atoms with Gasteiger partial charge in [0.2, 0.25) is 0 Å². The lowest BCUT2D eigenvalue weighted by Crippen LogP contribution is -2.24. The summed E-state index contributed by atoms with van der Waals surface area (Å²) in [7, 11) is 3.35. The summed E-state index contributed by atoms with van der Waals surface area (Å²) in [5.74, 6) is 2.16. The maximum atomic E-state index is 5.95. The molecule has 2 aromatic rings. The highest BCUT2D eigenvalue weighted by atomic mass is 16.5. The van der Waals surface area contributed by atoms with E-state index in [1.165, 1.54) is 5.56 Å².